The third-order valence-corrected chi connectivity index (χ3v) is 3.59. The molecule has 1 aliphatic rings. The lowest BCUT2D eigenvalue weighted by atomic mass is 9.92. The fourth-order valence-electron chi connectivity index (χ4n) is 2.48. The van der Waals surface area contributed by atoms with Crippen LogP contribution < -0.4 is 5.32 Å². The van der Waals surface area contributed by atoms with Crippen molar-refractivity contribution in [2.45, 2.75) is 45.8 Å². The number of halogens is 1. The summed E-state index contributed by atoms with van der Waals surface area (Å²) in [5.41, 5.74) is 1.66. The molecule has 1 aromatic carbocycles. The maximum Gasteiger partial charge on any atom is 0.331 e. The van der Waals surface area contributed by atoms with Crippen LogP contribution in [-0.2, 0) is 19.1 Å². The molecule has 1 aromatic rings. The van der Waals surface area contributed by atoms with Crippen molar-refractivity contribution in [2.75, 3.05) is 11.9 Å². The Morgan fingerprint density at radius 2 is 2.08 bits per heavy atom. The van der Waals surface area contributed by atoms with Crippen molar-refractivity contribution < 1.29 is 19.1 Å². The van der Waals surface area contributed by atoms with Gasteiger partial charge in [0.25, 0.3) is 0 Å². The molecule has 0 bridgehead atoms. The second-order valence-corrected chi connectivity index (χ2v) is 6.98. The summed E-state index contributed by atoms with van der Waals surface area (Å²) in [5.74, 6) is -0.805. The third kappa shape index (κ3) is 4.74. The van der Waals surface area contributed by atoms with Crippen molar-refractivity contribution in [1.29, 1.82) is 0 Å². The van der Waals surface area contributed by atoms with Crippen LogP contribution in [0.1, 0.15) is 39.7 Å². The van der Waals surface area contributed by atoms with Gasteiger partial charge in [-0.2, -0.15) is 0 Å². The van der Waals surface area contributed by atoms with Gasteiger partial charge in [-0.25, -0.2) is 9.59 Å². The lowest BCUT2D eigenvalue weighted by Crippen LogP contribution is -2.34. The second-order valence-electron chi connectivity index (χ2n) is 6.55. The summed E-state index contributed by atoms with van der Waals surface area (Å²) in [7, 11) is 0. The Balaban J connectivity index is 2.35. The Kier molecular flexibility index (Phi) is 5.54. The Morgan fingerprint density at radius 1 is 1.38 bits per heavy atom. The summed E-state index contributed by atoms with van der Waals surface area (Å²) in [4.78, 5) is 24.2. The highest BCUT2D eigenvalue weighted by Gasteiger charge is 2.29. The van der Waals surface area contributed by atoms with Crippen LogP contribution in [0.2, 0.25) is 5.02 Å². The van der Waals surface area contributed by atoms with E-state index in [1.165, 1.54) is 6.08 Å². The van der Waals surface area contributed by atoms with Gasteiger partial charge in [0, 0.05) is 28.8 Å². The number of rotatable bonds is 3. The molecule has 0 fully saturated rings. The zero-order valence-electron chi connectivity index (χ0n) is 14.3. The highest BCUT2D eigenvalue weighted by Crippen LogP contribution is 2.35. The first-order valence-electron chi connectivity index (χ1n) is 7.86. The maximum atomic E-state index is 12.1. The molecule has 6 heteroatoms. The summed E-state index contributed by atoms with van der Waals surface area (Å²) < 4.78 is 10.4. The van der Waals surface area contributed by atoms with Gasteiger partial charge in [0.05, 0.1) is 6.61 Å². The van der Waals surface area contributed by atoms with Crippen LogP contribution in [0.25, 0.3) is 5.57 Å². The molecule has 1 aliphatic heterocycles. The van der Waals surface area contributed by atoms with Crippen molar-refractivity contribution in [3.05, 3.63) is 34.9 Å². The first-order chi connectivity index (χ1) is 11.2. The van der Waals surface area contributed by atoms with E-state index in [0.717, 1.165) is 5.56 Å². The van der Waals surface area contributed by atoms with E-state index in [9.17, 15) is 9.59 Å². The first kappa shape index (κ1) is 18.3. The molecule has 130 valence electrons. The van der Waals surface area contributed by atoms with Crippen molar-refractivity contribution in [3.8, 4) is 0 Å². The van der Waals surface area contributed by atoms with Crippen LogP contribution in [0.4, 0.5) is 5.69 Å². The number of hydrogen-bond acceptors (Lipinski definition) is 5. The van der Waals surface area contributed by atoms with E-state index >= 15 is 0 Å². The molecule has 0 aromatic heterocycles. The zero-order valence-corrected chi connectivity index (χ0v) is 15.1. The van der Waals surface area contributed by atoms with Gasteiger partial charge >= 0.3 is 11.9 Å². The summed E-state index contributed by atoms with van der Waals surface area (Å²) in [6, 6.07) is 4.73. The summed E-state index contributed by atoms with van der Waals surface area (Å²) in [5, 5.41) is 3.67. The fourth-order valence-corrected chi connectivity index (χ4v) is 2.65. The number of fused-ring (bicyclic) bond motifs is 1. The first-order valence-corrected chi connectivity index (χ1v) is 8.24. The maximum absolute atomic E-state index is 12.1. The molecular formula is C18H22ClNO4. The van der Waals surface area contributed by atoms with Crippen molar-refractivity contribution in [1.82, 2.24) is 0 Å². The van der Waals surface area contributed by atoms with Gasteiger partial charge in [-0.3, -0.25) is 0 Å². The molecule has 1 N–H and O–H groups in total. The molecule has 1 heterocycles. The van der Waals surface area contributed by atoms with Crippen LogP contribution in [0.5, 0.6) is 0 Å². The molecule has 1 atom stereocenters. The smallest absolute Gasteiger partial charge is 0.331 e. The van der Waals surface area contributed by atoms with Crippen LogP contribution in [0.3, 0.4) is 0 Å². The topological polar surface area (TPSA) is 64.6 Å². The Bertz CT molecular complexity index is 676. The Morgan fingerprint density at radius 3 is 2.71 bits per heavy atom. The summed E-state index contributed by atoms with van der Waals surface area (Å²) in [6.45, 7) is 7.47. The van der Waals surface area contributed by atoms with E-state index in [1.807, 2.05) is 6.07 Å². The molecule has 0 saturated heterocycles. The predicted octanol–water partition coefficient (Wildman–Crippen LogP) is 3.81. The van der Waals surface area contributed by atoms with Crippen LogP contribution in [0.15, 0.2) is 24.3 Å². The Hall–Kier alpha value is -2.01. The number of ether oxygens (including phenoxy) is 2. The van der Waals surface area contributed by atoms with Gasteiger partial charge in [0.15, 0.2) is 0 Å². The molecule has 0 aliphatic carbocycles. The largest absolute Gasteiger partial charge is 0.464 e. The minimum Gasteiger partial charge on any atom is -0.464 e. The number of hydrogen-bond donors (Lipinski definition) is 1. The van der Waals surface area contributed by atoms with Gasteiger partial charge in [-0.1, -0.05) is 17.7 Å². The quantitative estimate of drug-likeness (QED) is 0.662. The normalized spacial score (nSPS) is 18.5. The lowest BCUT2D eigenvalue weighted by molar-refractivity contribution is -0.148. The van der Waals surface area contributed by atoms with E-state index in [-0.39, 0.29) is 5.97 Å². The number of anilines is 1. The number of carbonyl (C=O) groups excluding carboxylic acids is 2. The standard InChI is InChI=1S/C18H22ClNO4/c1-5-23-17(22)15-8-11(9-16(21)24-18(2,3)4)13-7-6-12(19)10-14(13)20-15/h6-7,9-10,15,20H,5,8H2,1-4H3/b11-9+. The molecule has 5 nitrogen and oxygen atoms in total. The third-order valence-electron chi connectivity index (χ3n) is 3.35. The second kappa shape index (κ2) is 7.26. The molecule has 0 radical (unpaired) electrons. The van der Waals surface area contributed by atoms with Crippen molar-refractivity contribution in [2.24, 2.45) is 0 Å². The fraction of sp³-hybridized carbons (Fsp3) is 0.444. The van der Waals surface area contributed by atoms with Gasteiger partial charge in [0.2, 0.25) is 0 Å². The average molecular weight is 352 g/mol. The molecule has 24 heavy (non-hydrogen) atoms. The van der Waals surface area contributed by atoms with Gasteiger partial charge in [0.1, 0.15) is 11.6 Å². The van der Waals surface area contributed by atoms with Gasteiger partial charge in [-0.15, -0.1) is 0 Å². The number of nitrogens with one attached hydrogen (secondary N) is 1. The average Bonchev–Trinajstić information content (AvgIpc) is 2.44. The van der Waals surface area contributed by atoms with Crippen LogP contribution in [-0.4, -0.2) is 30.2 Å². The summed E-state index contributed by atoms with van der Waals surface area (Å²) >= 11 is 6.04. The minimum absolute atomic E-state index is 0.296. The van der Waals surface area contributed by atoms with Crippen LogP contribution in [0, 0.1) is 0 Å². The highest BCUT2D eigenvalue weighted by atomic mass is 35.5. The number of carbonyl (C=O) groups is 2. The Labute approximate surface area is 147 Å². The molecule has 1 unspecified atom stereocenters. The van der Waals surface area contributed by atoms with Gasteiger partial charge in [-0.05, 0) is 45.4 Å². The molecule has 0 amide bonds. The van der Waals surface area contributed by atoms with E-state index in [1.54, 1.807) is 39.8 Å². The van der Waals surface area contributed by atoms with Crippen LogP contribution >= 0.6 is 11.6 Å². The van der Waals surface area contributed by atoms with Crippen molar-refractivity contribution >= 4 is 34.8 Å². The minimum atomic E-state index is -0.579. The van der Waals surface area contributed by atoms with E-state index in [4.69, 9.17) is 21.1 Å². The highest BCUT2D eigenvalue weighted by molar-refractivity contribution is 6.31. The molecule has 2 rings (SSSR count). The zero-order chi connectivity index (χ0) is 17.9. The van der Waals surface area contributed by atoms with Gasteiger partial charge < -0.3 is 14.8 Å². The molecule has 0 spiro atoms. The molecule has 0 saturated carbocycles. The van der Waals surface area contributed by atoms with E-state index < -0.39 is 17.6 Å². The number of esters is 2. The number of benzene rings is 1. The monoisotopic (exact) mass is 351 g/mol. The van der Waals surface area contributed by atoms with E-state index in [2.05, 4.69) is 5.32 Å². The predicted molar refractivity (Wildman–Crippen MR) is 93.9 cm³/mol. The summed E-state index contributed by atoms with van der Waals surface area (Å²) in [6.07, 6.45) is 1.78. The SMILES string of the molecule is CCOC(=O)C1C/C(=C\C(=O)OC(C)(C)C)c2ccc(Cl)cc2N1. The van der Waals surface area contributed by atoms with Crippen molar-refractivity contribution in [3.63, 3.8) is 0 Å². The van der Waals surface area contributed by atoms with E-state index in [0.29, 0.717) is 29.3 Å². The lowest BCUT2D eigenvalue weighted by Gasteiger charge is -2.28. The molecular weight excluding hydrogens is 330 g/mol.